The van der Waals surface area contributed by atoms with Crippen LogP contribution in [-0.2, 0) is 4.79 Å². The van der Waals surface area contributed by atoms with Gasteiger partial charge in [0.15, 0.2) is 5.65 Å². The van der Waals surface area contributed by atoms with E-state index in [9.17, 15) is 9.59 Å². The van der Waals surface area contributed by atoms with E-state index < -0.39 is 0 Å². The minimum absolute atomic E-state index is 0.0269. The first-order valence-corrected chi connectivity index (χ1v) is 7.95. The predicted octanol–water partition coefficient (Wildman–Crippen LogP) is 1.94. The molecule has 2 aromatic heterocycles. The number of H-pyrrole nitrogens is 1. The van der Waals surface area contributed by atoms with Crippen LogP contribution in [0.3, 0.4) is 0 Å². The van der Waals surface area contributed by atoms with Crippen LogP contribution in [0.1, 0.15) is 23.6 Å². The molecule has 1 atom stereocenters. The fourth-order valence-electron chi connectivity index (χ4n) is 3.22. The van der Waals surface area contributed by atoms with Crippen LogP contribution in [0.4, 0.5) is 0 Å². The number of likely N-dealkylation sites (N-methyl/N-ethyl adjacent to an activating group) is 1. The number of benzene rings is 1. The zero-order valence-electron chi connectivity index (χ0n) is 13.6. The van der Waals surface area contributed by atoms with Crippen molar-refractivity contribution in [2.24, 2.45) is 0 Å². The lowest BCUT2D eigenvalue weighted by Gasteiger charge is -2.10. The highest BCUT2D eigenvalue weighted by molar-refractivity contribution is 5.80. The van der Waals surface area contributed by atoms with Gasteiger partial charge in [-0.1, -0.05) is 29.8 Å². The van der Waals surface area contributed by atoms with Gasteiger partial charge < -0.3 is 4.90 Å². The molecule has 3 heterocycles. The van der Waals surface area contributed by atoms with Crippen LogP contribution in [0.5, 0.6) is 0 Å². The molecule has 6 heteroatoms. The molecule has 24 heavy (non-hydrogen) atoms. The van der Waals surface area contributed by atoms with E-state index in [0.29, 0.717) is 24.3 Å². The largest absolute Gasteiger partial charge is 0.345 e. The number of fused-ring (bicyclic) bond motifs is 1. The molecule has 1 saturated heterocycles. The number of carbonyl (C=O) groups is 1. The van der Waals surface area contributed by atoms with Crippen molar-refractivity contribution in [3.05, 3.63) is 58.1 Å². The number of amides is 1. The molecule has 1 fully saturated rings. The number of aromatic nitrogens is 3. The zero-order valence-corrected chi connectivity index (χ0v) is 13.6. The third-order valence-electron chi connectivity index (χ3n) is 4.64. The average molecular weight is 322 g/mol. The number of hydrogen-bond acceptors (Lipinski definition) is 3. The van der Waals surface area contributed by atoms with Crippen molar-refractivity contribution < 1.29 is 4.79 Å². The SMILES string of the molecule is Cc1ccc(-c2c[nH]n3c(=O)cc([C@H]4CC(=O)N(C)C4)nc23)cc1. The van der Waals surface area contributed by atoms with Crippen LogP contribution in [0.2, 0.25) is 0 Å². The summed E-state index contributed by atoms with van der Waals surface area (Å²) in [6, 6.07) is 9.63. The first kappa shape index (κ1) is 14.7. The molecule has 0 spiro atoms. The van der Waals surface area contributed by atoms with E-state index in [1.165, 1.54) is 16.1 Å². The highest BCUT2D eigenvalue weighted by Crippen LogP contribution is 2.28. The second kappa shape index (κ2) is 5.33. The summed E-state index contributed by atoms with van der Waals surface area (Å²) in [5.41, 5.74) is 4.19. The number of nitrogens with one attached hydrogen (secondary N) is 1. The zero-order chi connectivity index (χ0) is 16.8. The van der Waals surface area contributed by atoms with E-state index >= 15 is 0 Å². The van der Waals surface area contributed by atoms with E-state index in [0.717, 1.165) is 11.1 Å². The summed E-state index contributed by atoms with van der Waals surface area (Å²) in [5, 5.41) is 2.97. The number of rotatable bonds is 2. The fraction of sp³-hybridized carbons (Fsp3) is 0.278. The summed E-state index contributed by atoms with van der Waals surface area (Å²) in [6.45, 7) is 2.64. The quantitative estimate of drug-likeness (QED) is 0.784. The van der Waals surface area contributed by atoms with Crippen LogP contribution in [0.25, 0.3) is 16.8 Å². The summed E-state index contributed by atoms with van der Waals surface area (Å²) in [7, 11) is 1.78. The molecular formula is C18H18N4O2. The molecule has 1 aliphatic heterocycles. The molecule has 1 aromatic carbocycles. The molecule has 0 aliphatic carbocycles. The van der Waals surface area contributed by atoms with Crippen molar-refractivity contribution in [3.63, 3.8) is 0 Å². The monoisotopic (exact) mass is 322 g/mol. The Labute approximate surface area is 138 Å². The van der Waals surface area contributed by atoms with Gasteiger partial charge in [0.1, 0.15) is 0 Å². The van der Waals surface area contributed by atoms with Crippen LogP contribution >= 0.6 is 0 Å². The number of aromatic amines is 1. The Balaban J connectivity index is 1.84. The van der Waals surface area contributed by atoms with Crippen molar-refractivity contribution in [2.45, 2.75) is 19.3 Å². The predicted molar refractivity (Wildman–Crippen MR) is 91.0 cm³/mol. The standard InChI is InChI=1S/C18H18N4O2/c1-11-3-5-12(6-4-11)14-9-19-22-17(24)8-15(20-18(14)22)13-7-16(23)21(2)10-13/h3-6,8-9,13,19H,7,10H2,1-2H3/t13-/m0/s1. The Hall–Kier alpha value is -2.89. The molecule has 0 radical (unpaired) electrons. The van der Waals surface area contributed by atoms with Crippen LogP contribution < -0.4 is 5.56 Å². The van der Waals surface area contributed by atoms with Gasteiger partial charge in [-0.15, -0.1) is 0 Å². The Kier molecular flexibility index (Phi) is 3.26. The third-order valence-corrected chi connectivity index (χ3v) is 4.64. The minimum atomic E-state index is -0.157. The molecule has 1 amide bonds. The lowest BCUT2D eigenvalue weighted by molar-refractivity contribution is -0.126. The van der Waals surface area contributed by atoms with Crippen molar-refractivity contribution in [3.8, 4) is 11.1 Å². The van der Waals surface area contributed by atoms with Gasteiger partial charge in [-0.2, -0.15) is 0 Å². The fourth-order valence-corrected chi connectivity index (χ4v) is 3.22. The van der Waals surface area contributed by atoms with E-state index in [4.69, 9.17) is 4.98 Å². The second-order valence-electron chi connectivity index (χ2n) is 6.41. The van der Waals surface area contributed by atoms with E-state index in [-0.39, 0.29) is 17.4 Å². The van der Waals surface area contributed by atoms with Crippen molar-refractivity contribution in [1.29, 1.82) is 0 Å². The molecule has 4 rings (SSSR count). The summed E-state index contributed by atoms with van der Waals surface area (Å²) in [5.74, 6) is 0.0655. The topological polar surface area (TPSA) is 70.5 Å². The van der Waals surface area contributed by atoms with Gasteiger partial charge in [0, 0.05) is 43.8 Å². The second-order valence-corrected chi connectivity index (χ2v) is 6.41. The van der Waals surface area contributed by atoms with Gasteiger partial charge >= 0.3 is 0 Å². The average Bonchev–Trinajstić information content (AvgIpc) is 3.13. The van der Waals surface area contributed by atoms with Gasteiger partial charge in [0.2, 0.25) is 5.91 Å². The van der Waals surface area contributed by atoms with E-state index in [1.54, 1.807) is 18.1 Å². The molecular weight excluding hydrogens is 304 g/mol. The summed E-state index contributed by atoms with van der Waals surface area (Å²) >= 11 is 0. The highest BCUT2D eigenvalue weighted by atomic mass is 16.2. The van der Waals surface area contributed by atoms with Gasteiger partial charge in [-0.05, 0) is 12.5 Å². The first-order chi connectivity index (χ1) is 11.5. The molecule has 0 saturated carbocycles. The Morgan fingerprint density at radius 2 is 1.96 bits per heavy atom. The van der Waals surface area contributed by atoms with Gasteiger partial charge in [-0.25, -0.2) is 9.50 Å². The molecule has 0 unspecified atom stereocenters. The van der Waals surface area contributed by atoms with Crippen LogP contribution in [0.15, 0.2) is 41.3 Å². The number of nitrogens with zero attached hydrogens (tertiary/aromatic N) is 3. The normalized spacial score (nSPS) is 17.8. The maximum absolute atomic E-state index is 12.4. The van der Waals surface area contributed by atoms with Gasteiger partial charge in [0.05, 0.1) is 5.69 Å². The number of aryl methyl sites for hydroxylation is 1. The van der Waals surface area contributed by atoms with Crippen LogP contribution in [-0.4, -0.2) is 39.0 Å². The maximum atomic E-state index is 12.4. The van der Waals surface area contributed by atoms with Crippen molar-refractivity contribution in [1.82, 2.24) is 19.5 Å². The van der Waals surface area contributed by atoms with E-state index in [1.807, 2.05) is 31.2 Å². The lowest BCUT2D eigenvalue weighted by Crippen LogP contribution is -2.20. The molecule has 122 valence electrons. The van der Waals surface area contributed by atoms with Crippen molar-refractivity contribution in [2.75, 3.05) is 13.6 Å². The van der Waals surface area contributed by atoms with Gasteiger partial charge in [-0.3, -0.25) is 14.7 Å². The number of likely N-dealkylation sites (tertiary alicyclic amines) is 1. The Bertz CT molecular complexity index is 984. The maximum Gasteiger partial charge on any atom is 0.272 e. The minimum Gasteiger partial charge on any atom is -0.345 e. The molecule has 1 aliphatic rings. The number of carbonyl (C=O) groups excluding carboxylic acids is 1. The van der Waals surface area contributed by atoms with Crippen LogP contribution in [0, 0.1) is 6.92 Å². The molecule has 6 nitrogen and oxygen atoms in total. The van der Waals surface area contributed by atoms with Gasteiger partial charge in [0.25, 0.3) is 5.56 Å². The summed E-state index contributed by atoms with van der Waals surface area (Å²) in [4.78, 5) is 30.6. The summed E-state index contributed by atoms with van der Waals surface area (Å²) in [6.07, 6.45) is 2.20. The van der Waals surface area contributed by atoms with Crippen molar-refractivity contribution >= 4 is 11.6 Å². The summed E-state index contributed by atoms with van der Waals surface area (Å²) < 4.78 is 1.44. The molecule has 3 aromatic rings. The smallest absolute Gasteiger partial charge is 0.272 e. The Morgan fingerprint density at radius 1 is 1.21 bits per heavy atom. The molecule has 0 bridgehead atoms. The first-order valence-electron chi connectivity index (χ1n) is 7.95. The number of hydrogen-bond donors (Lipinski definition) is 1. The molecule has 1 N–H and O–H groups in total. The Morgan fingerprint density at radius 3 is 2.62 bits per heavy atom. The van der Waals surface area contributed by atoms with E-state index in [2.05, 4.69) is 5.10 Å². The highest BCUT2D eigenvalue weighted by Gasteiger charge is 2.29. The third kappa shape index (κ3) is 2.31. The lowest BCUT2D eigenvalue weighted by atomic mass is 10.0.